The molecule has 3 N–H and O–H groups in total. The number of aromatic nitrogens is 1. The number of hydrogen-bond donors (Lipinski definition) is 2. The lowest BCUT2D eigenvalue weighted by Gasteiger charge is -2.16. The van der Waals surface area contributed by atoms with Gasteiger partial charge in [-0.3, -0.25) is 11.3 Å². The van der Waals surface area contributed by atoms with Crippen LogP contribution in [0.1, 0.15) is 27.9 Å². The minimum absolute atomic E-state index is 0.0865. The first-order chi connectivity index (χ1) is 8.60. The van der Waals surface area contributed by atoms with Gasteiger partial charge in [0.2, 0.25) is 0 Å². The maximum absolute atomic E-state index is 5.66. The number of hydrogen-bond acceptors (Lipinski definition) is 4. The first-order valence-electron chi connectivity index (χ1n) is 5.73. The molecule has 5 heteroatoms. The van der Waals surface area contributed by atoms with Crippen LogP contribution in [0.25, 0.3) is 0 Å². The normalized spacial score (nSPS) is 12.7. The number of halogens is 1. The van der Waals surface area contributed by atoms with Crippen molar-refractivity contribution >= 4 is 27.3 Å². The molecule has 0 aliphatic rings. The molecule has 0 saturated carbocycles. The second kappa shape index (κ2) is 5.93. The van der Waals surface area contributed by atoms with Crippen LogP contribution in [-0.2, 0) is 6.42 Å². The van der Waals surface area contributed by atoms with Crippen molar-refractivity contribution in [2.75, 3.05) is 0 Å². The van der Waals surface area contributed by atoms with Crippen LogP contribution >= 0.6 is 27.3 Å². The summed E-state index contributed by atoms with van der Waals surface area (Å²) in [7, 11) is 0. The van der Waals surface area contributed by atoms with Gasteiger partial charge in [-0.05, 0) is 31.0 Å². The summed E-state index contributed by atoms with van der Waals surface area (Å²) in [5, 5.41) is 3.17. The number of nitrogens with zero attached hydrogens (tertiary/aromatic N) is 1. The molecular weight excluding hydrogens is 310 g/mol. The lowest BCUT2D eigenvalue weighted by molar-refractivity contribution is 0.546. The second-order valence-electron chi connectivity index (χ2n) is 4.29. The number of nitrogens with one attached hydrogen (secondary N) is 1. The van der Waals surface area contributed by atoms with Crippen LogP contribution in [0, 0.1) is 13.8 Å². The average molecular weight is 326 g/mol. The minimum Gasteiger partial charge on any atom is -0.271 e. The molecule has 1 aromatic heterocycles. The number of nitrogens with two attached hydrogens (primary N) is 1. The third kappa shape index (κ3) is 3.17. The van der Waals surface area contributed by atoms with E-state index in [0.717, 1.165) is 21.6 Å². The Hall–Kier alpha value is -0.750. The van der Waals surface area contributed by atoms with Gasteiger partial charge in [-0.15, -0.1) is 11.3 Å². The Labute approximate surface area is 120 Å². The number of benzene rings is 1. The Bertz CT molecular complexity index is 539. The highest BCUT2D eigenvalue weighted by molar-refractivity contribution is 9.10. The zero-order valence-electron chi connectivity index (χ0n) is 10.4. The summed E-state index contributed by atoms with van der Waals surface area (Å²) in [6.07, 6.45) is 0.802. The van der Waals surface area contributed by atoms with Crippen LogP contribution < -0.4 is 11.3 Å². The van der Waals surface area contributed by atoms with E-state index in [9.17, 15) is 0 Å². The van der Waals surface area contributed by atoms with Gasteiger partial charge in [-0.25, -0.2) is 4.98 Å². The van der Waals surface area contributed by atoms with Crippen molar-refractivity contribution < 1.29 is 0 Å². The first kappa shape index (κ1) is 13.7. The molecule has 0 bridgehead atoms. The molecule has 0 spiro atoms. The van der Waals surface area contributed by atoms with E-state index in [0.29, 0.717) is 0 Å². The van der Waals surface area contributed by atoms with Crippen LogP contribution in [0.4, 0.5) is 0 Å². The molecule has 18 heavy (non-hydrogen) atoms. The van der Waals surface area contributed by atoms with Crippen molar-refractivity contribution in [3.63, 3.8) is 0 Å². The molecule has 1 atom stereocenters. The zero-order chi connectivity index (χ0) is 13.1. The third-order valence-electron chi connectivity index (χ3n) is 2.88. The van der Waals surface area contributed by atoms with E-state index in [1.807, 2.05) is 6.92 Å². The maximum Gasteiger partial charge on any atom is 0.0897 e. The van der Waals surface area contributed by atoms with Crippen LogP contribution in [-0.4, -0.2) is 4.98 Å². The molecule has 96 valence electrons. The van der Waals surface area contributed by atoms with Gasteiger partial charge >= 0.3 is 0 Å². The molecule has 0 amide bonds. The Balaban J connectivity index is 2.19. The van der Waals surface area contributed by atoms with E-state index < -0.39 is 0 Å². The third-order valence-corrected chi connectivity index (χ3v) is 4.56. The van der Waals surface area contributed by atoms with Crippen molar-refractivity contribution in [3.05, 3.63) is 49.9 Å². The van der Waals surface area contributed by atoms with E-state index >= 15 is 0 Å². The van der Waals surface area contributed by atoms with E-state index in [2.05, 4.69) is 56.8 Å². The van der Waals surface area contributed by atoms with Crippen molar-refractivity contribution in [2.24, 2.45) is 5.84 Å². The summed E-state index contributed by atoms with van der Waals surface area (Å²) in [5.41, 5.74) is 6.34. The lowest BCUT2D eigenvalue weighted by Crippen LogP contribution is -2.29. The number of aryl methyl sites for hydroxylation is 2. The molecule has 1 aromatic carbocycles. The molecular formula is C13H16BrN3S. The van der Waals surface area contributed by atoms with Gasteiger partial charge < -0.3 is 0 Å². The summed E-state index contributed by atoms with van der Waals surface area (Å²) < 4.78 is 1.11. The molecule has 1 unspecified atom stereocenters. The van der Waals surface area contributed by atoms with E-state index in [4.69, 9.17) is 5.84 Å². The molecule has 0 radical (unpaired) electrons. The Morgan fingerprint density at radius 2 is 2.22 bits per heavy atom. The monoisotopic (exact) mass is 325 g/mol. The summed E-state index contributed by atoms with van der Waals surface area (Å²) in [6, 6.07) is 6.39. The van der Waals surface area contributed by atoms with Crippen molar-refractivity contribution in [3.8, 4) is 0 Å². The van der Waals surface area contributed by atoms with Crippen LogP contribution in [0.2, 0.25) is 0 Å². The average Bonchev–Trinajstić information content (AvgIpc) is 2.75. The van der Waals surface area contributed by atoms with Crippen LogP contribution in [0.5, 0.6) is 0 Å². The Morgan fingerprint density at radius 1 is 1.44 bits per heavy atom. The summed E-state index contributed by atoms with van der Waals surface area (Å²) in [6.45, 7) is 4.09. The van der Waals surface area contributed by atoms with E-state index in [-0.39, 0.29) is 6.04 Å². The number of rotatable bonds is 4. The number of hydrazine groups is 1. The fraction of sp³-hybridized carbons (Fsp3) is 0.308. The van der Waals surface area contributed by atoms with Gasteiger partial charge in [-0.2, -0.15) is 0 Å². The van der Waals surface area contributed by atoms with E-state index in [1.54, 1.807) is 11.3 Å². The Kier molecular flexibility index (Phi) is 4.50. The van der Waals surface area contributed by atoms with Crippen molar-refractivity contribution in [2.45, 2.75) is 26.3 Å². The summed E-state index contributed by atoms with van der Waals surface area (Å²) in [4.78, 5) is 4.48. The molecule has 2 rings (SSSR count). The fourth-order valence-electron chi connectivity index (χ4n) is 1.81. The van der Waals surface area contributed by atoms with Crippen LogP contribution in [0.15, 0.2) is 28.1 Å². The molecule has 0 aliphatic carbocycles. The first-order valence-corrected chi connectivity index (χ1v) is 7.40. The molecule has 0 fully saturated rings. The highest BCUT2D eigenvalue weighted by atomic mass is 79.9. The quantitative estimate of drug-likeness (QED) is 0.670. The highest BCUT2D eigenvalue weighted by Crippen LogP contribution is 2.24. The van der Waals surface area contributed by atoms with Gasteiger partial charge in [0.15, 0.2) is 0 Å². The standard InChI is InChI=1S/C13H16BrN3S/c1-8-3-4-10(5-12(8)14)13(17-15)6-11-7-18-9(2)16-11/h3-5,7,13,17H,6,15H2,1-2H3. The predicted octanol–water partition coefficient (Wildman–Crippen LogP) is 3.27. The highest BCUT2D eigenvalue weighted by Gasteiger charge is 2.13. The number of thiazole rings is 1. The maximum atomic E-state index is 5.66. The molecule has 0 saturated heterocycles. The van der Waals surface area contributed by atoms with Crippen molar-refractivity contribution in [1.29, 1.82) is 0 Å². The lowest BCUT2D eigenvalue weighted by atomic mass is 10.0. The minimum atomic E-state index is 0.0865. The Morgan fingerprint density at radius 3 is 2.78 bits per heavy atom. The molecule has 1 heterocycles. The summed E-state index contributed by atoms with van der Waals surface area (Å²) >= 11 is 5.22. The molecule has 3 nitrogen and oxygen atoms in total. The summed E-state index contributed by atoms with van der Waals surface area (Å²) in [5.74, 6) is 5.66. The van der Waals surface area contributed by atoms with Gasteiger partial charge in [-0.1, -0.05) is 28.1 Å². The van der Waals surface area contributed by atoms with Crippen LogP contribution in [0.3, 0.4) is 0 Å². The predicted molar refractivity (Wildman–Crippen MR) is 79.5 cm³/mol. The topological polar surface area (TPSA) is 50.9 Å². The second-order valence-corrected chi connectivity index (χ2v) is 6.21. The van der Waals surface area contributed by atoms with Gasteiger partial charge in [0.1, 0.15) is 0 Å². The van der Waals surface area contributed by atoms with Gasteiger partial charge in [0.05, 0.1) is 16.7 Å². The van der Waals surface area contributed by atoms with Crippen molar-refractivity contribution in [1.82, 2.24) is 10.4 Å². The fourth-order valence-corrected chi connectivity index (χ4v) is 2.83. The molecule has 2 aromatic rings. The molecule has 0 aliphatic heterocycles. The van der Waals surface area contributed by atoms with Gasteiger partial charge in [0.25, 0.3) is 0 Å². The van der Waals surface area contributed by atoms with Gasteiger partial charge in [0, 0.05) is 16.3 Å². The van der Waals surface area contributed by atoms with E-state index in [1.165, 1.54) is 11.1 Å². The zero-order valence-corrected chi connectivity index (χ0v) is 12.8. The largest absolute Gasteiger partial charge is 0.271 e. The smallest absolute Gasteiger partial charge is 0.0897 e. The SMILES string of the molecule is Cc1nc(CC(NN)c2ccc(C)c(Br)c2)cs1.